The molecule has 4 aromatic carbocycles. The molecule has 0 aromatic heterocycles. The Balaban J connectivity index is 1.84. The monoisotopic (exact) mass is 703 g/mol. The van der Waals surface area contributed by atoms with Crippen LogP contribution in [0.3, 0.4) is 0 Å². The Morgan fingerprint density at radius 3 is 1.73 bits per heavy atom. The summed E-state index contributed by atoms with van der Waals surface area (Å²) in [5.41, 5.74) is -5.41. The number of nitrogens with one attached hydrogen (secondary N) is 1. The number of hydrogen-bond acceptors (Lipinski definition) is 6. The summed E-state index contributed by atoms with van der Waals surface area (Å²) >= 11 is 7.18. The highest BCUT2D eigenvalue weighted by atomic mass is 79.9. The van der Waals surface area contributed by atoms with Crippen LogP contribution in [0.4, 0.5) is 5.69 Å². The molecule has 4 aromatic rings. The standard InChI is InChI=1S/C35H23Br2N5O2/c36-26-17-9-7-15-24(26)29-28(22-11-3-1-4-12-22)35(44)32(43)42(23-13-5-2-6-14-23)31(41)34(35,21-40)30(33(29,19-38)20-39)25-16-8-10-18-27(25)37/h1-18,28-30,41,44H/t28-,29-,30+,34+,35+/m0/s1. The van der Waals surface area contributed by atoms with Gasteiger partial charge in [-0.3, -0.25) is 15.1 Å². The molecule has 1 saturated carbocycles. The van der Waals surface area contributed by atoms with Crippen molar-refractivity contribution in [2.75, 3.05) is 4.90 Å². The van der Waals surface area contributed by atoms with E-state index in [1.807, 2.05) is 0 Å². The second-order valence-corrected chi connectivity index (χ2v) is 12.7. The summed E-state index contributed by atoms with van der Waals surface area (Å²) in [6.45, 7) is 0. The number of fused-ring (bicyclic) bond motifs is 1. The molecule has 2 aliphatic rings. The van der Waals surface area contributed by atoms with Gasteiger partial charge in [0.15, 0.2) is 16.4 Å². The minimum atomic E-state index is -2.59. The first-order valence-corrected chi connectivity index (χ1v) is 15.3. The molecule has 9 heteroatoms. The Morgan fingerprint density at radius 1 is 0.705 bits per heavy atom. The van der Waals surface area contributed by atoms with Crippen molar-refractivity contribution in [1.82, 2.24) is 0 Å². The maximum absolute atomic E-state index is 14.9. The maximum atomic E-state index is 14.9. The number of halogens is 2. The highest BCUT2D eigenvalue weighted by Crippen LogP contribution is 2.73. The van der Waals surface area contributed by atoms with E-state index in [9.17, 15) is 31.1 Å². The second kappa shape index (κ2) is 10.8. The molecular weight excluding hydrogens is 682 g/mol. The van der Waals surface area contributed by atoms with Gasteiger partial charge in [0, 0.05) is 26.7 Å². The lowest BCUT2D eigenvalue weighted by Gasteiger charge is -2.57. The third-order valence-electron chi connectivity index (χ3n) is 9.07. The number of anilines is 1. The normalized spacial score (nSPS) is 27.1. The first-order valence-electron chi connectivity index (χ1n) is 13.7. The third-order valence-corrected chi connectivity index (χ3v) is 10.5. The second-order valence-electron chi connectivity index (χ2n) is 10.9. The van der Waals surface area contributed by atoms with Crippen LogP contribution in [-0.2, 0) is 4.79 Å². The molecule has 0 unspecified atom stereocenters. The van der Waals surface area contributed by atoms with Gasteiger partial charge in [0.2, 0.25) is 0 Å². The van der Waals surface area contributed by atoms with Crippen LogP contribution < -0.4 is 4.90 Å². The predicted molar refractivity (Wildman–Crippen MR) is 171 cm³/mol. The van der Waals surface area contributed by atoms with Gasteiger partial charge < -0.3 is 5.11 Å². The van der Waals surface area contributed by atoms with E-state index >= 15 is 0 Å². The number of para-hydroxylation sites is 1. The third kappa shape index (κ3) is 3.72. The molecule has 1 amide bonds. The molecule has 44 heavy (non-hydrogen) atoms. The summed E-state index contributed by atoms with van der Waals surface area (Å²) in [4.78, 5) is 16.0. The van der Waals surface area contributed by atoms with E-state index in [2.05, 4.69) is 50.1 Å². The highest BCUT2D eigenvalue weighted by molar-refractivity contribution is 9.10. The van der Waals surface area contributed by atoms with Gasteiger partial charge >= 0.3 is 0 Å². The molecule has 0 radical (unpaired) electrons. The van der Waals surface area contributed by atoms with Gasteiger partial charge in [0.1, 0.15) is 5.84 Å². The summed E-state index contributed by atoms with van der Waals surface area (Å²) in [6.07, 6.45) is 0. The lowest BCUT2D eigenvalue weighted by atomic mass is 9.40. The van der Waals surface area contributed by atoms with Crippen molar-refractivity contribution in [3.63, 3.8) is 0 Å². The van der Waals surface area contributed by atoms with E-state index in [1.165, 1.54) is 0 Å². The first-order chi connectivity index (χ1) is 21.2. The van der Waals surface area contributed by atoms with Crippen molar-refractivity contribution in [2.45, 2.75) is 23.4 Å². The van der Waals surface area contributed by atoms with E-state index in [0.717, 1.165) is 4.90 Å². The van der Waals surface area contributed by atoms with Crippen LogP contribution >= 0.6 is 31.9 Å². The minimum Gasteiger partial charge on any atom is -0.377 e. The van der Waals surface area contributed by atoms with Crippen molar-refractivity contribution in [3.8, 4) is 18.2 Å². The number of rotatable bonds is 4. The average molecular weight is 705 g/mol. The fourth-order valence-corrected chi connectivity index (χ4v) is 8.36. The zero-order valence-electron chi connectivity index (χ0n) is 23.0. The molecule has 214 valence electrons. The van der Waals surface area contributed by atoms with E-state index in [0.29, 0.717) is 25.6 Å². The van der Waals surface area contributed by atoms with Crippen LogP contribution in [0.2, 0.25) is 0 Å². The number of amidine groups is 1. The van der Waals surface area contributed by atoms with Gasteiger partial charge in [-0.1, -0.05) is 117 Å². The maximum Gasteiger partial charge on any atom is 0.267 e. The zero-order valence-corrected chi connectivity index (χ0v) is 26.2. The van der Waals surface area contributed by atoms with Crippen molar-refractivity contribution in [2.24, 2.45) is 10.8 Å². The number of benzene rings is 4. The molecule has 6 rings (SSSR count). The van der Waals surface area contributed by atoms with E-state index in [-0.39, 0.29) is 5.69 Å². The van der Waals surface area contributed by atoms with E-state index < -0.39 is 45.9 Å². The number of carbonyl (C=O) groups is 1. The van der Waals surface area contributed by atoms with Crippen LogP contribution in [0, 0.1) is 50.2 Å². The summed E-state index contributed by atoms with van der Waals surface area (Å²) in [5.74, 6) is -5.24. The molecule has 7 nitrogen and oxygen atoms in total. The highest BCUT2D eigenvalue weighted by Gasteiger charge is 2.83. The van der Waals surface area contributed by atoms with Crippen molar-refractivity contribution in [3.05, 3.63) is 135 Å². The fourth-order valence-electron chi connectivity index (χ4n) is 7.31. The Kier molecular flexibility index (Phi) is 7.26. The van der Waals surface area contributed by atoms with E-state index in [4.69, 9.17) is 0 Å². The SMILES string of the molecule is N#CC1(C#N)[C@@H](c2ccccc2Br)[C@]2(C#N)C(=N)N(c3ccccc3)C(=O)[C@]2(O)[C@@H](c2ccccc2)[C@@H]1c1ccccc1Br. The molecule has 5 atom stereocenters. The van der Waals surface area contributed by atoms with Crippen molar-refractivity contribution in [1.29, 1.82) is 21.2 Å². The number of carbonyl (C=O) groups excluding carboxylic acids is 1. The summed E-state index contributed by atoms with van der Waals surface area (Å²) in [7, 11) is 0. The molecule has 2 fully saturated rings. The lowest BCUT2D eigenvalue weighted by molar-refractivity contribution is -0.154. The average Bonchev–Trinajstić information content (AvgIpc) is 3.23. The van der Waals surface area contributed by atoms with Gasteiger partial charge in [-0.05, 0) is 41.0 Å². The predicted octanol–water partition coefficient (Wildman–Crippen LogP) is 7.18. The Hall–Kier alpha value is -4.59. The Labute approximate surface area is 271 Å². The molecule has 0 spiro atoms. The summed E-state index contributed by atoms with van der Waals surface area (Å²) < 4.78 is 1.04. The van der Waals surface area contributed by atoms with Gasteiger partial charge in [-0.2, -0.15) is 15.8 Å². The van der Waals surface area contributed by atoms with Crippen LogP contribution in [0.1, 0.15) is 34.4 Å². The molecule has 0 bridgehead atoms. The van der Waals surface area contributed by atoms with E-state index in [1.54, 1.807) is 109 Å². The first kappa shape index (κ1) is 29.5. The lowest BCUT2D eigenvalue weighted by Crippen LogP contribution is -2.67. The largest absolute Gasteiger partial charge is 0.377 e. The number of hydrogen-bond donors (Lipinski definition) is 2. The smallest absolute Gasteiger partial charge is 0.267 e. The molecule has 1 saturated heterocycles. The summed E-state index contributed by atoms with van der Waals surface area (Å²) in [6, 6.07) is 37.8. The van der Waals surface area contributed by atoms with Gasteiger partial charge in [-0.25, -0.2) is 0 Å². The summed E-state index contributed by atoms with van der Waals surface area (Å²) in [5, 5.41) is 56.7. The number of aliphatic hydroxyl groups is 1. The van der Waals surface area contributed by atoms with Crippen LogP contribution in [0.25, 0.3) is 0 Å². The molecular formula is C35H23Br2N5O2. The number of amides is 1. The Morgan fingerprint density at radius 2 is 1.20 bits per heavy atom. The van der Waals surface area contributed by atoms with Gasteiger partial charge in [0.25, 0.3) is 5.91 Å². The van der Waals surface area contributed by atoms with Crippen LogP contribution in [0.5, 0.6) is 0 Å². The molecule has 1 aliphatic carbocycles. The van der Waals surface area contributed by atoms with Crippen LogP contribution in [-0.4, -0.2) is 22.5 Å². The van der Waals surface area contributed by atoms with Gasteiger partial charge in [-0.15, -0.1) is 0 Å². The topological polar surface area (TPSA) is 136 Å². The van der Waals surface area contributed by atoms with Crippen molar-refractivity contribution < 1.29 is 9.90 Å². The number of nitriles is 3. The molecule has 1 aliphatic heterocycles. The van der Waals surface area contributed by atoms with Crippen LogP contribution in [0.15, 0.2) is 118 Å². The van der Waals surface area contributed by atoms with Gasteiger partial charge in [0.05, 0.1) is 23.9 Å². The molecule has 2 N–H and O–H groups in total. The zero-order chi connectivity index (χ0) is 31.3. The Bertz CT molecular complexity index is 1920. The quantitative estimate of drug-likeness (QED) is 0.232. The molecule has 1 heterocycles. The minimum absolute atomic E-state index is 0.287. The fraction of sp³-hybridized carbons (Fsp3) is 0.171. The number of nitrogens with zero attached hydrogens (tertiary/aromatic N) is 4. The van der Waals surface area contributed by atoms with Crippen molar-refractivity contribution >= 4 is 49.3 Å².